The zero-order chi connectivity index (χ0) is 24.5. The largest absolute Gasteiger partial charge is 0.481 e. The number of nitrogens with zero attached hydrogens (tertiary/aromatic N) is 1. The molecule has 2 amide bonds. The van der Waals surface area contributed by atoms with Gasteiger partial charge < -0.3 is 20.1 Å². The Kier molecular flexibility index (Phi) is 5.99. The van der Waals surface area contributed by atoms with Crippen molar-refractivity contribution in [3.63, 3.8) is 0 Å². The summed E-state index contributed by atoms with van der Waals surface area (Å²) >= 11 is 0. The number of carboxylic acids is 1. The molecule has 1 unspecified atom stereocenters. The van der Waals surface area contributed by atoms with Gasteiger partial charge in [-0.25, -0.2) is 4.79 Å². The van der Waals surface area contributed by atoms with Crippen LogP contribution in [0.5, 0.6) is 0 Å². The third-order valence-electron chi connectivity index (χ3n) is 6.86. The highest BCUT2D eigenvalue weighted by Gasteiger charge is 2.35. The fourth-order valence-electron chi connectivity index (χ4n) is 5.16. The molecule has 0 saturated carbocycles. The van der Waals surface area contributed by atoms with Crippen LogP contribution in [0.4, 0.5) is 10.5 Å². The predicted octanol–water partition coefficient (Wildman–Crippen LogP) is 4.52. The number of carboxylic acid groups (broad SMARTS) is 1. The molecule has 0 saturated heterocycles. The maximum Gasteiger partial charge on any atom is 0.407 e. The lowest BCUT2D eigenvalue weighted by Gasteiger charge is -2.34. The zero-order valence-electron chi connectivity index (χ0n) is 19.3. The van der Waals surface area contributed by atoms with Crippen molar-refractivity contribution in [3.8, 4) is 11.1 Å². The highest BCUT2D eigenvalue weighted by atomic mass is 16.5. The number of ether oxygens (including phenoxy) is 1. The van der Waals surface area contributed by atoms with Gasteiger partial charge in [-0.3, -0.25) is 9.59 Å². The number of hydrogen-bond acceptors (Lipinski definition) is 4. The average Bonchev–Trinajstić information content (AvgIpc) is 3.20. The summed E-state index contributed by atoms with van der Waals surface area (Å²) in [5.74, 6) is -1.94. The molecule has 1 aliphatic heterocycles. The monoisotopic (exact) mass is 470 g/mol. The fourth-order valence-corrected chi connectivity index (χ4v) is 5.16. The summed E-state index contributed by atoms with van der Waals surface area (Å²) in [6.45, 7) is 2.03. The molecule has 3 aromatic rings. The Morgan fingerprint density at radius 3 is 2.14 bits per heavy atom. The Bertz CT molecular complexity index is 1260. The molecule has 35 heavy (non-hydrogen) atoms. The Hall–Kier alpha value is -4.13. The summed E-state index contributed by atoms with van der Waals surface area (Å²) < 4.78 is 5.57. The minimum atomic E-state index is -0.908. The topological polar surface area (TPSA) is 95.9 Å². The molecule has 7 heteroatoms. The number of amides is 2. The van der Waals surface area contributed by atoms with Gasteiger partial charge in [0.15, 0.2) is 0 Å². The Labute approximate surface area is 203 Å². The minimum absolute atomic E-state index is 0.0684. The third kappa shape index (κ3) is 4.14. The number of carbonyl (C=O) groups is 3. The molecule has 5 rings (SSSR count). The highest BCUT2D eigenvalue weighted by Crippen LogP contribution is 2.44. The average molecular weight is 471 g/mol. The second-order valence-electron chi connectivity index (χ2n) is 8.92. The van der Waals surface area contributed by atoms with Crippen LogP contribution in [0, 0.1) is 0 Å². The molecule has 1 aliphatic carbocycles. The molecular formula is C28H26N2O5. The van der Waals surface area contributed by atoms with Crippen LogP contribution in [-0.4, -0.2) is 42.3 Å². The summed E-state index contributed by atoms with van der Waals surface area (Å²) in [5, 5.41) is 12.2. The maximum atomic E-state index is 13.2. The van der Waals surface area contributed by atoms with Gasteiger partial charge >= 0.3 is 12.1 Å². The van der Waals surface area contributed by atoms with E-state index in [4.69, 9.17) is 4.74 Å². The fraction of sp³-hybridized carbons (Fsp3) is 0.250. The number of anilines is 1. The van der Waals surface area contributed by atoms with Crippen molar-refractivity contribution in [1.29, 1.82) is 0 Å². The van der Waals surface area contributed by atoms with Crippen LogP contribution >= 0.6 is 0 Å². The van der Waals surface area contributed by atoms with Gasteiger partial charge in [0.25, 0.3) is 0 Å². The minimum Gasteiger partial charge on any atom is -0.481 e. The van der Waals surface area contributed by atoms with Gasteiger partial charge in [0.2, 0.25) is 5.91 Å². The second kappa shape index (κ2) is 9.25. The number of benzene rings is 3. The number of aliphatic carboxylic acids is 1. The van der Waals surface area contributed by atoms with E-state index in [2.05, 4.69) is 17.4 Å². The zero-order valence-corrected chi connectivity index (χ0v) is 19.3. The van der Waals surface area contributed by atoms with Gasteiger partial charge in [0.1, 0.15) is 12.6 Å². The van der Waals surface area contributed by atoms with Crippen molar-refractivity contribution < 1.29 is 24.2 Å². The number of fused-ring (bicyclic) bond motifs is 4. The number of alkyl carbamates (subject to hydrolysis) is 1. The molecule has 0 aromatic heterocycles. The van der Waals surface area contributed by atoms with E-state index >= 15 is 0 Å². The predicted molar refractivity (Wildman–Crippen MR) is 131 cm³/mol. The molecule has 3 aromatic carbocycles. The highest BCUT2D eigenvalue weighted by molar-refractivity contribution is 6.00. The summed E-state index contributed by atoms with van der Waals surface area (Å²) in [7, 11) is 0. The van der Waals surface area contributed by atoms with Gasteiger partial charge in [-0.05, 0) is 47.2 Å². The van der Waals surface area contributed by atoms with Gasteiger partial charge in [0.05, 0.1) is 5.92 Å². The number of rotatable bonds is 5. The van der Waals surface area contributed by atoms with Crippen LogP contribution in [0.15, 0.2) is 72.8 Å². The van der Waals surface area contributed by atoms with Crippen LogP contribution in [0.2, 0.25) is 0 Å². The third-order valence-corrected chi connectivity index (χ3v) is 6.86. The quantitative estimate of drug-likeness (QED) is 0.572. The van der Waals surface area contributed by atoms with Crippen molar-refractivity contribution in [2.24, 2.45) is 0 Å². The van der Waals surface area contributed by atoms with E-state index in [-0.39, 0.29) is 25.0 Å². The van der Waals surface area contributed by atoms with E-state index in [0.717, 1.165) is 22.3 Å². The normalized spacial score (nSPS) is 17.1. The standard InChI is InChI=1S/C28H26N2O5/c1-17(26(31)30-15-14-23(27(32)33)22-12-6-7-13-25(22)30)29-28(34)35-16-24-20-10-4-2-8-18(20)19-9-3-5-11-21(19)24/h2-13,17,23-24H,14-16H2,1H3,(H,29,34)(H,32,33)/t17-,23?/m1/s1. The van der Waals surface area contributed by atoms with Crippen molar-refractivity contribution in [2.75, 3.05) is 18.1 Å². The lowest BCUT2D eigenvalue weighted by molar-refractivity contribution is -0.139. The first-order valence-electron chi connectivity index (χ1n) is 11.7. The molecule has 1 heterocycles. The smallest absolute Gasteiger partial charge is 0.407 e. The van der Waals surface area contributed by atoms with Crippen LogP contribution in [0.3, 0.4) is 0 Å². The molecule has 2 atom stereocenters. The number of carbonyl (C=O) groups excluding carboxylic acids is 2. The molecule has 0 spiro atoms. The van der Waals surface area contributed by atoms with Crippen LogP contribution in [-0.2, 0) is 14.3 Å². The lowest BCUT2D eigenvalue weighted by atomic mass is 9.89. The SMILES string of the molecule is C[C@@H](NC(=O)OCC1c2ccccc2-c2ccccc21)C(=O)N1CCC(C(=O)O)c2ccccc21. The second-order valence-corrected chi connectivity index (χ2v) is 8.92. The van der Waals surface area contributed by atoms with Gasteiger partial charge in [-0.1, -0.05) is 66.7 Å². The molecule has 7 nitrogen and oxygen atoms in total. The van der Waals surface area contributed by atoms with Gasteiger partial charge in [0, 0.05) is 18.2 Å². The van der Waals surface area contributed by atoms with Crippen LogP contribution < -0.4 is 10.2 Å². The summed E-state index contributed by atoms with van der Waals surface area (Å²) in [6, 6.07) is 22.4. The lowest BCUT2D eigenvalue weighted by Crippen LogP contribution is -2.49. The molecule has 0 fully saturated rings. The van der Waals surface area contributed by atoms with E-state index in [1.165, 1.54) is 0 Å². The van der Waals surface area contributed by atoms with Crippen molar-refractivity contribution >= 4 is 23.7 Å². The molecular weight excluding hydrogens is 444 g/mol. The number of hydrogen-bond donors (Lipinski definition) is 2. The maximum absolute atomic E-state index is 13.2. The van der Waals surface area contributed by atoms with Crippen molar-refractivity contribution in [2.45, 2.75) is 31.2 Å². The molecule has 0 radical (unpaired) electrons. The van der Waals surface area contributed by atoms with E-state index < -0.39 is 24.0 Å². The summed E-state index contributed by atoms with van der Waals surface area (Å²) in [6.07, 6.45) is -0.350. The van der Waals surface area contributed by atoms with Crippen molar-refractivity contribution in [3.05, 3.63) is 89.5 Å². The summed E-state index contributed by atoms with van der Waals surface area (Å²) in [4.78, 5) is 39.0. The van der Waals surface area contributed by atoms with Crippen LogP contribution in [0.25, 0.3) is 11.1 Å². The molecule has 2 N–H and O–H groups in total. The first-order valence-corrected chi connectivity index (χ1v) is 11.7. The molecule has 178 valence electrons. The Balaban J connectivity index is 1.25. The van der Waals surface area contributed by atoms with Crippen molar-refractivity contribution in [1.82, 2.24) is 5.32 Å². The number of nitrogens with one attached hydrogen (secondary N) is 1. The number of para-hydroxylation sites is 1. The van der Waals surface area contributed by atoms with Gasteiger partial charge in [-0.2, -0.15) is 0 Å². The molecule has 2 aliphatic rings. The van der Waals surface area contributed by atoms with E-state index in [0.29, 0.717) is 17.7 Å². The first kappa shape index (κ1) is 22.7. The van der Waals surface area contributed by atoms with Gasteiger partial charge in [-0.15, -0.1) is 0 Å². The van der Waals surface area contributed by atoms with E-state index in [1.807, 2.05) is 36.4 Å². The van der Waals surface area contributed by atoms with E-state index in [9.17, 15) is 19.5 Å². The molecule has 0 bridgehead atoms. The van der Waals surface area contributed by atoms with Crippen LogP contribution in [0.1, 0.15) is 41.9 Å². The first-order chi connectivity index (χ1) is 17.0. The van der Waals surface area contributed by atoms with E-state index in [1.54, 1.807) is 36.1 Å². The summed E-state index contributed by atoms with van der Waals surface area (Å²) in [5.41, 5.74) is 5.69. The Morgan fingerprint density at radius 2 is 1.51 bits per heavy atom. The Morgan fingerprint density at radius 1 is 0.943 bits per heavy atom.